The highest BCUT2D eigenvalue weighted by molar-refractivity contribution is 5.94. The van der Waals surface area contributed by atoms with E-state index in [0.717, 1.165) is 33.3 Å². The van der Waals surface area contributed by atoms with Gasteiger partial charge in [-0.25, -0.2) is 4.98 Å². The molecular weight excluding hydrogens is 314 g/mol. The van der Waals surface area contributed by atoms with E-state index in [-0.39, 0.29) is 0 Å². The van der Waals surface area contributed by atoms with E-state index in [1.807, 2.05) is 42.5 Å². The molecule has 5 rings (SSSR count). The van der Waals surface area contributed by atoms with E-state index in [9.17, 15) is 0 Å². The third-order valence-corrected chi connectivity index (χ3v) is 4.26. The van der Waals surface area contributed by atoms with Crippen molar-refractivity contribution in [2.45, 2.75) is 0 Å². The molecule has 3 N–H and O–H groups in total. The lowest BCUT2D eigenvalue weighted by atomic mass is 9.99. The maximum Gasteiger partial charge on any atom is 0.207 e. The third kappa shape index (κ3) is 2.06. The smallest absolute Gasteiger partial charge is 0.207 e. The highest BCUT2D eigenvalue weighted by Gasteiger charge is 2.18. The molecule has 3 heterocycles. The SMILES string of the molecule is Nc1nc(-c2ccccc2)c(-c2ccc3[nH]ncc3c2)c2nncn12. The summed E-state index contributed by atoms with van der Waals surface area (Å²) >= 11 is 0. The first-order valence-electron chi connectivity index (χ1n) is 7.79. The number of aromatic nitrogens is 6. The van der Waals surface area contributed by atoms with Crippen molar-refractivity contribution in [2.75, 3.05) is 5.73 Å². The van der Waals surface area contributed by atoms with E-state index in [1.54, 1.807) is 16.9 Å². The Hall–Kier alpha value is -3.74. The summed E-state index contributed by atoms with van der Waals surface area (Å²) in [6.45, 7) is 0. The number of H-pyrrole nitrogens is 1. The van der Waals surface area contributed by atoms with Crippen LogP contribution >= 0.6 is 0 Å². The van der Waals surface area contributed by atoms with Crippen LogP contribution in [0.25, 0.3) is 38.9 Å². The molecule has 7 heteroatoms. The van der Waals surface area contributed by atoms with Crippen LogP contribution in [0.15, 0.2) is 61.1 Å². The van der Waals surface area contributed by atoms with Crippen LogP contribution in [-0.4, -0.2) is 29.8 Å². The van der Waals surface area contributed by atoms with Crippen molar-refractivity contribution in [2.24, 2.45) is 0 Å². The molecule has 5 aromatic rings. The van der Waals surface area contributed by atoms with Crippen molar-refractivity contribution in [3.05, 3.63) is 61.1 Å². The van der Waals surface area contributed by atoms with Crippen LogP contribution in [0.2, 0.25) is 0 Å². The van der Waals surface area contributed by atoms with Crippen molar-refractivity contribution < 1.29 is 0 Å². The molecule has 0 fully saturated rings. The van der Waals surface area contributed by atoms with Gasteiger partial charge >= 0.3 is 0 Å². The predicted molar refractivity (Wildman–Crippen MR) is 95.7 cm³/mol. The molecule has 0 radical (unpaired) electrons. The minimum atomic E-state index is 0.354. The second-order valence-electron chi connectivity index (χ2n) is 5.76. The summed E-state index contributed by atoms with van der Waals surface area (Å²) < 4.78 is 1.70. The number of nitrogens with one attached hydrogen (secondary N) is 1. The Morgan fingerprint density at radius 1 is 1.00 bits per heavy atom. The average Bonchev–Trinajstić information content (AvgIpc) is 3.31. The number of rotatable bonds is 2. The Balaban J connectivity index is 1.89. The van der Waals surface area contributed by atoms with Gasteiger partial charge in [0.1, 0.15) is 6.33 Å². The summed E-state index contributed by atoms with van der Waals surface area (Å²) in [5, 5.41) is 16.4. The zero-order chi connectivity index (χ0) is 16.8. The van der Waals surface area contributed by atoms with Gasteiger partial charge in [-0.1, -0.05) is 36.4 Å². The summed E-state index contributed by atoms with van der Waals surface area (Å²) in [4.78, 5) is 4.63. The van der Waals surface area contributed by atoms with Gasteiger partial charge in [0.25, 0.3) is 0 Å². The van der Waals surface area contributed by atoms with Gasteiger partial charge in [0.2, 0.25) is 5.95 Å². The van der Waals surface area contributed by atoms with Gasteiger partial charge in [0, 0.05) is 10.9 Å². The lowest BCUT2D eigenvalue weighted by molar-refractivity contribution is 1.09. The van der Waals surface area contributed by atoms with E-state index in [1.165, 1.54) is 0 Å². The number of hydrogen-bond acceptors (Lipinski definition) is 5. The highest BCUT2D eigenvalue weighted by Crippen LogP contribution is 2.35. The van der Waals surface area contributed by atoms with E-state index < -0.39 is 0 Å². The number of nitrogens with two attached hydrogens (primary N) is 1. The Morgan fingerprint density at radius 3 is 2.76 bits per heavy atom. The fourth-order valence-electron chi connectivity index (χ4n) is 3.07. The van der Waals surface area contributed by atoms with Crippen molar-refractivity contribution >= 4 is 22.5 Å². The van der Waals surface area contributed by atoms with Gasteiger partial charge in [0.05, 0.1) is 23.0 Å². The van der Waals surface area contributed by atoms with E-state index in [2.05, 4.69) is 31.4 Å². The Kier molecular flexibility index (Phi) is 2.81. The normalized spacial score (nSPS) is 11.4. The highest BCUT2D eigenvalue weighted by atomic mass is 15.3. The molecule has 0 aliphatic heterocycles. The van der Waals surface area contributed by atoms with Gasteiger partial charge in [-0.2, -0.15) is 5.10 Å². The number of benzene rings is 2. The quantitative estimate of drug-likeness (QED) is 0.519. The summed E-state index contributed by atoms with van der Waals surface area (Å²) in [6.07, 6.45) is 3.37. The first kappa shape index (κ1) is 13.7. The molecule has 0 atom stereocenters. The van der Waals surface area contributed by atoms with Crippen molar-refractivity contribution in [1.29, 1.82) is 0 Å². The molecular formula is C18H13N7. The summed E-state index contributed by atoms with van der Waals surface area (Å²) in [6, 6.07) is 16.0. The summed E-state index contributed by atoms with van der Waals surface area (Å²) in [5.41, 5.74) is 11.4. The zero-order valence-electron chi connectivity index (χ0n) is 13.1. The largest absolute Gasteiger partial charge is 0.369 e. The number of aromatic amines is 1. The number of fused-ring (bicyclic) bond motifs is 2. The molecule has 0 saturated heterocycles. The number of nitrogen functional groups attached to an aromatic ring is 1. The molecule has 0 bridgehead atoms. The molecule has 3 aromatic heterocycles. The molecule has 2 aromatic carbocycles. The number of hydrogen-bond donors (Lipinski definition) is 2. The first-order valence-corrected chi connectivity index (χ1v) is 7.79. The topological polar surface area (TPSA) is 97.8 Å². The Labute approximate surface area is 142 Å². The third-order valence-electron chi connectivity index (χ3n) is 4.26. The molecule has 0 saturated carbocycles. The molecule has 0 amide bonds. The fourth-order valence-corrected chi connectivity index (χ4v) is 3.07. The van der Waals surface area contributed by atoms with Crippen LogP contribution in [0.5, 0.6) is 0 Å². The standard InChI is InChI=1S/C18H13N7/c19-18-22-16(11-4-2-1-3-5-11)15(17-24-21-10-25(17)18)12-6-7-14-13(8-12)9-20-23-14/h1-10H,(H2,19,22)(H,20,23). The molecule has 120 valence electrons. The lowest BCUT2D eigenvalue weighted by Crippen LogP contribution is -2.04. The molecule has 0 aliphatic rings. The van der Waals surface area contributed by atoms with Gasteiger partial charge in [-0.15, -0.1) is 10.2 Å². The number of nitrogens with zero attached hydrogens (tertiary/aromatic N) is 5. The lowest BCUT2D eigenvalue weighted by Gasteiger charge is -2.12. The zero-order valence-corrected chi connectivity index (χ0v) is 13.1. The van der Waals surface area contributed by atoms with Gasteiger partial charge < -0.3 is 5.73 Å². The molecule has 0 spiro atoms. The second-order valence-corrected chi connectivity index (χ2v) is 5.76. The van der Waals surface area contributed by atoms with Crippen LogP contribution in [0, 0.1) is 0 Å². The maximum absolute atomic E-state index is 6.12. The van der Waals surface area contributed by atoms with E-state index in [4.69, 9.17) is 5.73 Å². The van der Waals surface area contributed by atoms with Crippen LogP contribution in [0.4, 0.5) is 5.95 Å². The minimum absolute atomic E-state index is 0.354. The summed E-state index contributed by atoms with van der Waals surface area (Å²) in [7, 11) is 0. The molecule has 0 unspecified atom stereocenters. The summed E-state index contributed by atoms with van der Waals surface area (Å²) in [5.74, 6) is 0.354. The first-order chi connectivity index (χ1) is 12.3. The Bertz CT molecular complexity index is 1200. The second kappa shape index (κ2) is 5.13. The van der Waals surface area contributed by atoms with Crippen molar-refractivity contribution in [3.63, 3.8) is 0 Å². The molecule has 0 aliphatic carbocycles. The van der Waals surface area contributed by atoms with Crippen LogP contribution in [0.3, 0.4) is 0 Å². The Morgan fingerprint density at radius 2 is 1.88 bits per heavy atom. The predicted octanol–water partition coefficient (Wildman–Crippen LogP) is 2.92. The number of anilines is 1. The van der Waals surface area contributed by atoms with E-state index in [0.29, 0.717) is 11.6 Å². The van der Waals surface area contributed by atoms with Crippen LogP contribution in [0.1, 0.15) is 0 Å². The monoisotopic (exact) mass is 327 g/mol. The van der Waals surface area contributed by atoms with Crippen LogP contribution < -0.4 is 5.73 Å². The molecule has 25 heavy (non-hydrogen) atoms. The minimum Gasteiger partial charge on any atom is -0.369 e. The average molecular weight is 327 g/mol. The maximum atomic E-state index is 6.12. The molecule has 7 nitrogen and oxygen atoms in total. The van der Waals surface area contributed by atoms with Gasteiger partial charge in [-0.05, 0) is 17.7 Å². The van der Waals surface area contributed by atoms with Gasteiger partial charge in [-0.3, -0.25) is 9.50 Å². The van der Waals surface area contributed by atoms with Gasteiger partial charge in [0.15, 0.2) is 5.65 Å². The fraction of sp³-hybridized carbons (Fsp3) is 0. The van der Waals surface area contributed by atoms with Crippen LogP contribution in [-0.2, 0) is 0 Å². The van der Waals surface area contributed by atoms with Crippen molar-refractivity contribution in [1.82, 2.24) is 29.8 Å². The van der Waals surface area contributed by atoms with E-state index >= 15 is 0 Å². The van der Waals surface area contributed by atoms with Crippen molar-refractivity contribution in [3.8, 4) is 22.4 Å².